The van der Waals surface area contributed by atoms with E-state index in [2.05, 4.69) is 15.6 Å². The summed E-state index contributed by atoms with van der Waals surface area (Å²) in [5, 5.41) is 15.2. The first-order valence-electron chi connectivity index (χ1n) is 6.84. The average molecular weight is 449 g/mol. The first-order chi connectivity index (χ1) is 10.3. The number of guanidine groups is 1. The molecule has 0 aromatic heterocycles. The molecule has 132 valence electrons. The lowest BCUT2D eigenvalue weighted by molar-refractivity contribution is -0.132. The number of rotatable bonds is 6. The Bertz CT molecular complexity index is 480. The number of hydrogen-bond acceptors (Lipinski definition) is 2. The Hall–Kier alpha value is -1.10. The lowest BCUT2D eigenvalue weighted by Gasteiger charge is -2.14. The number of nitrogens with one attached hydrogen (secondary N) is 2. The number of halogens is 5. The number of nitrogens with zero attached hydrogens (tertiary/aromatic N) is 1. The molecule has 23 heavy (non-hydrogen) atoms. The molecule has 0 saturated heterocycles. The van der Waals surface area contributed by atoms with Crippen LogP contribution >= 0.6 is 24.0 Å². The number of aliphatic hydroxyl groups is 1. The van der Waals surface area contributed by atoms with Crippen molar-refractivity contribution in [2.75, 3.05) is 19.6 Å². The minimum atomic E-state index is -4.24. The van der Waals surface area contributed by atoms with Gasteiger partial charge in [-0.2, -0.15) is 13.2 Å². The number of alkyl halides is 3. The number of hydrogen-bond donors (Lipinski definition) is 3. The van der Waals surface area contributed by atoms with Gasteiger partial charge >= 0.3 is 6.18 Å². The molecule has 0 radical (unpaired) electrons. The molecule has 0 amide bonds. The maximum atomic E-state index is 12.8. The molecule has 0 spiro atoms. The van der Waals surface area contributed by atoms with E-state index in [0.717, 1.165) is 0 Å². The summed E-state index contributed by atoms with van der Waals surface area (Å²) in [4.78, 5) is 4.02. The van der Waals surface area contributed by atoms with Crippen LogP contribution in [0.3, 0.4) is 0 Å². The van der Waals surface area contributed by atoms with E-state index in [4.69, 9.17) is 0 Å². The van der Waals surface area contributed by atoms with E-state index in [1.165, 1.54) is 24.3 Å². The fourth-order valence-electron chi connectivity index (χ4n) is 1.63. The molecular formula is C14H20F4IN3O. The molecule has 1 atom stereocenters. The molecule has 9 heteroatoms. The Morgan fingerprint density at radius 1 is 1.22 bits per heavy atom. The summed E-state index contributed by atoms with van der Waals surface area (Å²) in [6.45, 7) is 1.90. The Morgan fingerprint density at radius 2 is 1.83 bits per heavy atom. The Morgan fingerprint density at radius 3 is 2.35 bits per heavy atom. The van der Waals surface area contributed by atoms with Crippen molar-refractivity contribution in [3.63, 3.8) is 0 Å². The number of benzene rings is 1. The molecule has 0 aliphatic heterocycles. The molecule has 0 bridgehead atoms. The Labute approximate surface area is 149 Å². The molecule has 0 heterocycles. The fraction of sp³-hybridized carbons (Fsp3) is 0.500. The van der Waals surface area contributed by atoms with Crippen molar-refractivity contribution in [2.24, 2.45) is 4.99 Å². The van der Waals surface area contributed by atoms with Gasteiger partial charge in [0.25, 0.3) is 0 Å². The average Bonchev–Trinajstić information content (AvgIpc) is 2.44. The van der Waals surface area contributed by atoms with E-state index in [1.807, 2.05) is 0 Å². The lowest BCUT2D eigenvalue weighted by atomic mass is 10.1. The summed E-state index contributed by atoms with van der Waals surface area (Å²) in [7, 11) is 0. The van der Waals surface area contributed by atoms with Gasteiger partial charge < -0.3 is 15.7 Å². The molecule has 0 aliphatic carbocycles. The van der Waals surface area contributed by atoms with Gasteiger partial charge in [0, 0.05) is 13.1 Å². The van der Waals surface area contributed by atoms with Crippen molar-refractivity contribution in [2.45, 2.75) is 25.6 Å². The molecule has 1 unspecified atom stereocenters. The minimum absolute atomic E-state index is 0. The van der Waals surface area contributed by atoms with E-state index in [-0.39, 0.29) is 43.0 Å². The first-order valence-corrected chi connectivity index (χ1v) is 6.84. The third-order valence-corrected chi connectivity index (χ3v) is 2.72. The van der Waals surface area contributed by atoms with Crippen LogP contribution in [-0.4, -0.2) is 36.9 Å². The van der Waals surface area contributed by atoms with E-state index >= 15 is 0 Å². The summed E-state index contributed by atoms with van der Waals surface area (Å²) in [6.07, 6.45) is -6.17. The quantitative estimate of drug-likeness (QED) is 0.271. The van der Waals surface area contributed by atoms with E-state index in [9.17, 15) is 22.7 Å². The van der Waals surface area contributed by atoms with Crippen LogP contribution < -0.4 is 10.6 Å². The zero-order chi connectivity index (χ0) is 16.6. The fourth-order valence-corrected chi connectivity index (χ4v) is 1.63. The SMILES string of the molecule is CCNC(=NCC(O)c1ccc(F)cc1)NCCC(F)(F)F.I. The highest BCUT2D eigenvalue weighted by atomic mass is 127. The summed E-state index contributed by atoms with van der Waals surface area (Å²) in [5.41, 5.74) is 0.483. The zero-order valence-corrected chi connectivity index (χ0v) is 14.9. The smallest absolute Gasteiger partial charge is 0.386 e. The maximum Gasteiger partial charge on any atom is 0.390 e. The van der Waals surface area contributed by atoms with Crippen molar-refractivity contribution in [3.8, 4) is 0 Å². The standard InChI is InChI=1S/C14H19F4N3O.HI/c1-2-19-13(20-8-7-14(16,17)18)21-9-12(22)10-3-5-11(15)6-4-10;/h3-6,12,22H,2,7-9H2,1H3,(H2,19,20,21);1H. The van der Waals surface area contributed by atoms with Crippen LogP contribution in [0.15, 0.2) is 29.3 Å². The molecule has 1 aromatic carbocycles. The minimum Gasteiger partial charge on any atom is -0.386 e. The summed E-state index contributed by atoms with van der Waals surface area (Å²) in [6, 6.07) is 5.29. The molecule has 4 nitrogen and oxygen atoms in total. The summed E-state index contributed by atoms with van der Waals surface area (Å²) >= 11 is 0. The van der Waals surface area contributed by atoms with Crippen molar-refractivity contribution >= 4 is 29.9 Å². The largest absolute Gasteiger partial charge is 0.390 e. The lowest BCUT2D eigenvalue weighted by Crippen LogP contribution is -2.39. The van der Waals surface area contributed by atoms with Gasteiger partial charge in [-0.1, -0.05) is 12.1 Å². The van der Waals surface area contributed by atoms with Crippen LogP contribution in [-0.2, 0) is 0 Å². The van der Waals surface area contributed by atoms with Crippen LogP contribution in [0, 0.1) is 5.82 Å². The van der Waals surface area contributed by atoms with Crippen LogP contribution in [0.25, 0.3) is 0 Å². The predicted octanol–water partition coefficient (Wildman–Crippen LogP) is 2.98. The van der Waals surface area contributed by atoms with E-state index in [0.29, 0.717) is 12.1 Å². The second-order valence-corrected chi connectivity index (χ2v) is 4.58. The van der Waals surface area contributed by atoms with Gasteiger partial charge in [0.05, 0.1) is 19.1 Å². The molecule has 0 aliphatic rings. The van der Waals surface area contributed by atoms with Gasteiger partial charge in [-0.25, -0.2) is 4.39 Å². The third-order valence-electron chi connectivity index (χ3n) is 2.72. The van der Waals surface area contributed by atoms with Gasteiger partial charge in [-0.3, -0.25) is 4.99 Å². The van der Waals surface area contributed by atoms with Crippen LogP contribution in [0.2, 0.25) is 0 Å². The van der Waals surface area contributed by atoms with Crippen molar-refractivity contribution in [3.05, 3.63) is 35.6 Å². The van der Waals surface area contributed by atoms with Crippen molar-refractivity contribution < 1.29 is 22.7 Å². The summed E-state index contributed by atoms with van der Waals surface area (Å²) in [5.74, 6) is -0.227. The number of aliphatic imine (C=N–C) groups is 1. The topological polar surface area (TPSA) is 56.7 Å². The van der Waals surface area contributed by atoms with Crippen LogP contribution in [0.1, 0.15) is 25.0 Å². The molecule has 0 fully saturated rings. The summed E-state index contributed by atoms with van der Waals surface area (Å²) < 4.78 is 49.0. The van der Waals surface area contributed by atoms with Crippen LogP contribution in [0.5, 0.6) is 0 Å². The highest BCUT2D eigenvalue weighted by molar-refractivity contribution is 14.0. The van der Waals surface area contributed by atoms with Gasteiger partial charge in [0.15, 0.2) is 5.96 Å². The molecule has 3 N–H and O–H groups in total. The van der Waals surface area contributed by atoms with Crippen LogP contribution in [0.4, 0.5) is 17.6 Å². The van der Waals surface area contributed by atoms with E-state index < -0.39 is 24.5 Å². The Balaban J connectivity index is 0.00000484. The van der Waals surface area contributed by atoms with Gasteiger partial charge in [-0.05, 0) is 24.6 Å². The second-order valence-electron chi connectivity index (χ2n) is 4.58. The van der Waals surface area contributed by atoms with Gasteiger partial charge in [0.2, 0.25) is 0 Å². The van der Waals surface area contributed by atoms with Gasteiger partial charge in [-0.15, -0.1) is 24.0 Å². The normalized spacial score (nSPS) is 13.2. The second kappa shape index (κ2) is 10.6. The highest BCUT2D eigenvalue weighted by Gasteiger charge is 2.26. The maximum absolute atomic E-state index is 12.8. The van der Waals surface area contributed by atoms with Crippen molar-refractivity contribution in [1.29, 1.82) is 0 Å². The molecular weight excluding hydrogens is 429 g/mol. The van der Waals surface area contributed by atoms with Crippen molar-refractivity contribution in [1.82, 2.24) is 10.6 Å². The molecule has 1 aromatic rings. The highest BCUT2D eigenvalue weighted by Crippen LogP contribution is 2.18. The van der Waals surface area contributed by atoms with Gasteiger partial charge in [0.1, 0.15) is 5.82 Å². The third kappa shape index (κ3) is 9.59. The molecule has 1 rings (SSSR count). The zero-order valence-electron chi connectivity index (χ0n) is 12.5. The first kappa shape index (κ1) is 21.9. The Kier molecular flexibility index (Phi) is 10.1. The van der Waals surface area contributed by atoms with E-state index in [1.54, 1.807) is 6.92 Å². The molecule has 0 saturated carbocycles. The monoisotopic (exact) mass is 449 g/mol. The number of aliphatic hydroxyl groups excluding tert-OH is 1. The predicted molar refractivity (Wildman–Crippen MR) is 91.4 cm³/mol.